The van der Waals surface area contributed by atoms with Gasteiger partial charge in [0.2, 0.25) is 0 Å². The van der Waals surface area contributed by atoms with Crippen molar-refractivity contribution in [2.45, 2.75) is 92.4 Å². The molecule has 0 bridgehead atoms. The molecule has 4 nitrogen and oxygen atoms in total. The van der Waals surface area contributed by atoms with E-state index in [-0.39, 0.29) is 25.3 Å². The predicted octanol–water partition coefficient (Wildman–Crippen LogP) is 5.72. The summed E-state index contributed by atoms with van der Waals surface area (Å²) >= 11 is 0. The summed E-state index contributed by atoms with van der Waals surface area (Å²) in [4.78, 5) is 11.5. The molecule has 4 heteroatoms. The summed E-state index contributed by atoms with van der Waals surface area (Å²) < 4.78 is 5.09. The zero-order valence-corrected chi connectivity index (χ0v) is 18.5. The molecule has 1 unspecified atom stereocenters. The molecule has 0 aliphatic heterocycles. The fourth-order valence-electron chi connectivity index (χ4n) is 2.44. The van der Waals surface area contributed by atoms with E-state index in [0.717, 1.165) is 12.8 Å². The van der Waals surface area contributed by atoms with Crippen LogP contribution in [0.5, 0.6) is 0 Å². The molecular formula is C25H43NO3. The number of hydrogen-bond donors (Lipinski definition) is 2. The predicted molar refractivity (Wildman–Crippen MR) is 125 cm³/mol. The average molecular weight is 406 g/mol. The third kappa shape index (κ3) is 20.4. The van der Waals surface area contributed by atoms with Gasteiger partial charge in [-0.2, -0.15) is 0 Å². The van der Waals surface area contributed by atoms with Crippen molar-refractivity contribution in [2.24, 2.45) is 11.3 Å². The second-order valence-electron chi connectivity index (χ2n) is 8.70. The lowest BCUT2D eigenvalue weighted by Crippen LogP contribution is -2.39. The van der Waals surface area contributed by atoms with Crippen LogP contribution in [0.25, 0.3) is 0 Å². The molecule has 0 aromatic carbocycles. The first-order valence-corrected chi connectivity index (χ1v) is 9.60. The van der Waals surface area contributed by atoms with E-state index in [9.17, 15) is 9.90 Å². The quantitative estimate of drug-likeness (QED) is 0.381. The van der Waals surface area contributed by atoms with Gasteiger partial charge in [-0.15, -0.1) is 37.8 Å². The number of alkyl carbamates (subject to hydrolysis) is 1. The van der Waals surface area contributed by atoms with E-state index in [1.165, 1.54) is 0 Å². The zero-order chi connectivity index (χ0) is 22.4. The van der Waals surface area contributed by atoms with Gasteiger partial charge in [-0.05, 0) is 44.9 Å². The Balaban J connectivity index is -0.000000491. The molecule has 0 rings (SSSR count). The molecule has 0 aliphatic carbocycles. The zero-order valence-electron chi connectivity index (χ0n) is 18.5. The van der Waals surface area contributed by atoms with Crippen molar-refractivity contribution < 1.29 is 14.6 Å². The molecule has 0 aliphatic rings. The van der Waals surface area contributed by atoms with Crippen LogP contribution in [-0.4, -0.2) is 28.9 Å². The van der Waals surface area contributed by atoms with Gasteiger partial charge in [0.15, 0.2) is 0 Å². The standard InChI is InChI=1S/C13H21NO3.C11H18.CH4/c1-6-8-11(15)9-10(7-2)14-12(16)17-13(3,4)5;1-6-8-10(3)9-11(4,5)7-2;/h1,7,10-11,15H,2,8-9H2,3-5H3,(H,14,16);1,7,10H,2,8-9H2,3-5H3;1H4/t10?,11-;10-;/m11./s1. The molecule has 0 aromatic heterocycles. The maximum atomic E-state index is 11.5. The maximum Gasteiger partial charge on any atom is 0.408 e. The van der Waals surface area contributed by atoms with Crippen LogP contribution in [0.4, 0.5) is 4.79 Å². The summed E-state index contributed by atoms with van der Waals surface area (Å²) in [7, 11) is 0. The molecular weight excluding hydrogens is 362 g/mol. The Morgan fingerprint density at radius 2 is 1.69 bits per heavy atom. The van der Waals surface area contributed by atoms with Gasteiger partial charge >= 0.3 is 6.09 Å². The fourth-order valence-corrected chi connectivity index (χ4v) is 2.44. The van der Waals surface area contributed by atoms with Crippen molar-refractivity contribution in [3.8, 4) is 24.7 Å². The normalized spacial score (nSPS) is 13.6. The first-order chi connectivity index (χ1) is 12.8. The highest BCUT2D eigenvalue weighted by Gasteiger charge is 2.19. The van der Waals surface area contributed by atoms with Crippen LogP contribution in [0.3, 0.4) is 0 Å². The van der Waals surface area contributed by atoms with Gasteiger partial charge in [0.25, 0.3) is 0 Å². The summed E-state index contributed by atoms with van der Waals surface area (Å²) in [6, 6.07) is -0.354. The monoisotopic (exact) mass is 405 g/mol. The third-order valence-corrected chi connectivity index (χ3v) is 3.76. The highest BCUT2D eigenvalue weighted by atomic mass is 16.6. The molecule has 0 spiro atoms. The second-order valence-corrected chi connectivity index (χ2v) is 8.70. The molecule has 0 aromatic rings. The van der Waals surface area contributed by atoms with E-state index in [1.807, 2.05) is 6.08 Å². The summed E-state index contributed by atoms with van der Waals surface area (Å²) in [6.45, 7) is 19.3. The number of terminal acetylenes is 2. The lowest BCUT2D eigenvalue weighted by atomic mass is 9.82. The first-order valence-electron chi connectivity index (χ1n) is 9.60. The van der Waals surface area contributed by atoms with Gasteiger partial charge in [-0.25, -0.2) is 4.79 Å². The molecule has 1 amide bonds. The third-order valence-electron chi connectivity index (χ3n) is 3.76. The Bertz CT molecular complexity index is 558. The van der Waals surface area contributed by atoms with Crippen molar-refractivity contribution in [3.05, 3.63) is 25.3 Å². The summed E-state index contributed by atoms with van der Waals surface area (Å²) in [6.07, 6.45) is 15.2. The van der Waals surface area contributed by atoms with Gasteiger partial charge in [0, 0.05) is 12.8 Å². The Kier molecular flexibility index (Phi) is 17.1. The van der Waals surface area contributed by atoms with E-state index in [4.69, 9.17) is 17.6 Å². The van der Waals surface area contributed by atoms with Crippen molar-refractivity contribution in [1.82, 2.24) is 5.32 Å². The van der Waals surface area contributed by atoms with Crippen LogP contribution < -0.4 is 5.32 Å². The van der Waals surface area contributed by atoms with Crippen LogP contribution in [0.1, 0.15) is 74.7 Å². The fraction of sp³-hybridized carbons (Fsp3) is 0.640. The maximum absolute atomic E-state index is 11.5. The highest BCUT2D eigenvalue weighted by molar-refractivity contribution is 5.68. The molecule has 3 atom stereocenters. The number of carbonyl (C=O) groups is 1. The van der Waals surface area contributed by atoms with Crippen molar-refractivity contribution in [3.63, 3.8) is 0 Å². The molecule has 0 radical (unpaired) electrons. The number of rotatable bonds is 9. The second kappa shape index (κ2) is 15.7. The number of ether oxygens (including phenoxy) is 1. The average Bonchev–Trinajstić information content (AvgIpc) is 2.53. The van der Waals surface area contributed by atoms with Gasteiger partial charge in [0.05, 0.1) is 12.1 Å². The van der Waals surface area contributed by atoms with Gasteiger partial charge < -0.3 is 15.2 Å². The number of carbonyl (C=O) groups excluding carboxylic acids is 1. The van der Waals surface area contributed by atoms with Crippen molar-refractivity contribution in [1.29, 1.82) is 0 Å². The van der Waals surface area contributed by atoms with E-state index < -0.39 is 17.8 Å². The van der Waals surface area contributed by atoms with Crippen molar-refractivity contribution >= 4 is 6.09 Å². The molecule has 0 fully saturated rings. The van der Waals surface area contributed by atoms with Crippen LogP contribution in [-0.2, 0) is 4.74 Å². The number of aliphatic hydroxyl groups is 1. The minimum absolute atomic E-state index is 0. The number of hydrogen-bond acceptors (Lipinski definition) is 3. The van der Waals surface area contributed by atoms with E-state index >= 15 is 0 Å². The van der Waals surface area contributed by atoms with E-state index in [2.05, 4.69) is 51.1 Å². The Morgan fingerprint density at radius 1 is 1.17 bits per heavy atom. The molecule has 166 valence electrons. The summed E-state index contributed by atoms with van der Waals surface area (Å²) in [5.41, 5.74) is -0.316. The molecule has 0 saturated heterocycles. The van der Waals surface area contributed by atoms with Crippen LogP contribution in [0.2, 0.25) is 0 Å². The Hall–Kier alpha value is -2.17. The van der Waals surface area contributed by atoms with Crippen LogP contribution in [0, 0.1) is 36.0 Å². The highest BCUT2D eigenvalue weighted by Crippen LogP contribution is 2.27. The van der Waals surface area contributed by atoms with E-state index in [1.54, 1.807) is 26.8 Å². The SMILES string of the molecule is C.C#CC[C@@H](C)CC(C)(C)C=C.C#CC[C@@H](O)CC(C=C)NC(=O)OC(C)(C)C. The minimum Gasteiger partial charge on any atom is -0.444 e. The first kappa shape index (κ1) is 31.5. The molecule has 0 heterocycles. The van der Waals surface area contributed by atoms with E-state index in [0.29, 0.717) is 12.3 Å². The molecule has 29 heavy (non-hydrogen) atoms. The lowest BCUT2D eigenvalue weighted by molar-refractivity contribution is 0.0500. The molecule has 2 N–H and O–H groups in total. The van der Waals surface area contributed by atoms with Gasteiger partial charge in [0.1, 0.15) is 5.60 Å². The number of amides is 1. The summed E-state index contributed by atoms with van der Waals surface area (Å²) in [5, 5.41) is 12.1. The number of nitrogens with one attached hydrogen (secondary N) is 1. The number of aliphatic hydroxyl groups excluding tert-OH is 1. The Morgan fingerprint density at radius 3 is 2.07 bits per heavy atom. The lowest BCUT2D eigenvalue weighted by Gasteiger charge is -2.23. The van der Waals surface area contributed by atoms with Crippen LogP contribution in [0.15, 0.2) is 25.3 Å². The van der Waals surface area contributed by atoms with Crippen molar-refractivity contribution in [2.75, 3.05) is 0 Å². The smallest absolute Gasteiger partial charge is 0.408 e. The number of allylic oxidation sites excluding steroid dienone is 1. The van der Waals surface area contributed by atoms with Gasteiger partial charge in [-0.3, -0.25) is 0 Å². The largest absolute Gasteiger partial charge is 0.444 e. The Labute approximate surface area is 180 Å². The summed E-state index contributed by atoms with van der Waals surface area (Å²) in [5.74, 6) is 5.64. The molecule has 0 saturated carbocycles. The minimum atomic E-state index is -0.655. The van der Waals surface area contributed by atoms with Crippen LogP contribution >= 0.6 is 0 Å². The topological polar surface area (TPSA) is 58.6 Å². The van der Waals surface area contributed by atoms with Gasteiger partial charge in [-0.1, -0.05) is 40.3 Å².